The highest BCUT2D eigenvalue weighted by Crippen LogP contribution is 2.40. The van der Waals surface area contributed by atoms with Crippen LogP contribution in [0.3, 0.4) is 0 Å². The number of nitrogens with zero attached hydrogens (tertiary/aromatic N) is 2. The number of ether oxygens (including phenoxy) is 1. The first-order valence-corrected chi connectivity index (χ1v) is 8.94. The molecule has 1 aliphatic carbocycles. The van der Waals surface area contributed by atoms with Crippen LogP contribution in [0.25, 0.3) is 0 Å². The van der Waals surface area contributed by atoms with Crippen molar-refractivity contribution in [2.24, 2.45) is 11.8 Å². The van der Waals surface area contributed by atoms with Crippen molar-refractivity contribution >= 4 is 0 Å². The van der Waals surface area contributed by atoms with Crippen LogP contribution in [0.1, 0.15) is 24.6 Å². The van der Waals surface area contributed by atoms with Gasteiger partial charge in [-0.1, -0.05) is 18.2 Å². The fourth-order valence-electron chi connectivity index (χ4n) is 4.21. The third kappa shape index (κ3) is 3.78. The predicted molar refractivity (Wildman–Crippen MR) is 94.4 cm³/mol. The number of aliphatic hydroxyl groups is 1. The topological polar surface area (TPSA) is 65.8 Å². The number of aromatic nitrogens is 1. The summed E-state index contributed by atoms with van der Waals surface area (Å²) in [4.78, 5) is 6.43. The van der Waals surface area contributed by atoms with E-state index < -0.39 is 6.10 Å². The molecule has 2 fully saturated rings. The Morgan fingerprint density at radius 2 is 1.80 bits per heavy atom. The molecule has 132 valence electrons. The van der Waals surface area contributed by atoms with Crippen LogP contribution in [0.4, 0.5) is 0 Å². The van der Waals surface area contributed by atoms with E-state index in [1.54, 1.807) is 12.1 Å². The van der Waals surface area contributed by atoms with Crippen molar-refractivity contribution in [2.75, 3.05) is 19.6 Å². The van der Waals surface area contributed by atoms with Gasteiger partial charge in [-0.05, 0) is 48.9 Å². The summed E-state index contributed by atoms with van der Waals surface area (Å²) >= 11 is 0. The summed E-state index contributed by atoms with van der Waals surface area (Å²) in [6.45, 7) is 2.61. The van der Waals surface area contributed by atoms with Crippen LogP contribution in [0.5, 0.6) is 11.5 Å². The van der Waals surface area contributed by atoms with Crippen molar-refractivity contribution in [3.63, 3.8) is 0 Å². The summed E-state index contributed by atoms with van der Waals surface area (Å²) in [5, 5.41) is 19.7. The Balaban J connectivity index is 1.28. The van der Waals surface area contributed by atoms with Gasteiger partial charge < -0.3 is 14.9 Å². The summed E-state index contributed by atoms with van der Waals surface area (Å²) in [5.41, 5.74) is 0.611. The summed E-state index contributed by atoms with van der Waals surface area (Å²) < 4.78 is 6.11. The monoisotopic (exact) mass is 340 g/mol. The van der Waals surface area contributed by atoms with Gasteiger partial charge in [-0.2, -0.15) is 0 Å². The Hall–Kier alpha value is -2.11. The van der Waals surface area contributed by atoms with Crippen LogP contribution in [0, 0.1) is 11.8 Å². The Bertz CT molecular complexity index is 678. The van der Waals surface area contributed by atoms with E-state index in [1.165, 1.54) is 6.20 Å². The molecule has 2 aromatic rings. The Morgan fingerprint density at radius 3 is 2.44 bits per heavy atom. The van der Waals surface area contributed by atoms with Gasteiger partial charge in [0.2, 0.25) is 0 Å². The van der Waals surface area contributed by atoms with E-state index in [1.807, 2.05) is 30.3 Å². The molecule has 1 aromatic carbocycles. The summed E-state index contributed by atoms with van der Waals surface area (Å²) in [6, 6.07) is 13.3. The molecule has 5 nitrogen and oxygen atoms in total. The maximum Gasteiger partial charge on any atom is 0.133 e. The first-order valence-electron chi connectivity index (χ1n) is 8.94. The molecule has 0 amide bonds. The van der Waals surface area contributed by atoms with Gasteiger partial charge in [0.1, 0.15) is 17.6 Å². The van der Waals surface area contributed by atoms with Gasteiger partial charge in [-0.3, -0.25) is 9.88 Å². The number of benzene rings is 1. The highest BCUT2D eigenvalue weighted by Gasteiger charge is 2.42. The van der Waals surface area contributed by atoms with Crippen LogP contribution in [-0.2, 0) is 0 Å². The minimum absolute atomic E-state index is 0.121. The van der Waals surface area contributed by atoms with E-state index in [2.05, 4.69) is 9.88 Å². The van der Waals surface area contributed by atoms with Crippen molar-refractivity contribution in [1.82, 2.24) is 9.88 Å². The molecule has 25 heavy (non-hydrogen) atoms. The maximum atomic E-state index is 10.4. The first-order chi connectivity index (χ1) is 12.2. The predicted octanol–water partition coefficient (Wildman–Crippen LogP) is 2.61. The van der Waals surface area contributed by atoms with Crippen LogP contribution in [0.15, 0.2) is 48.7 Å². The Kier molecular flexibility index (Phi) is 4.59. The van der Waals surface area contributed by atoms with Gasteiger partial charge in [0.05, 0.1) is 18.0 Å². The summed E-state index contributed by atoms with van der Waals surface area (Å²) in [7, 11) is 0. The number of likely N-dealkylation sites (tertiary alicyclic amines) is 1. The van der Waals surface area contributed by atoms with Gasteiger partial charge in [0.15, 0.2) is 0 Å². The smallest absolute Gasteiger partial charge is 0.133 e. The second kappa shape index (κ2) is 7.02. The van der Waals surface area contributed by atoms with E-state index in [0.29, 0.717) is 30.2 Å². The minimum Gasteiger partial charge on any atom is -0.506 e. The molecule has 0 radical (unpaired) electrons. The molecule has 0 spiro atoms. The second-order valence-corrected chi connectivity index (χ2v) is 7.22. The number of hydrogen-bond acceptors (Lipinski definition) is 5. The zero-order valence-corrected chi connectivity index (χ0v) is 14.2. The van der Waals surface area contributed by atoms with Crippen molar-refractivity contribution in [2.45, 2.75) is 25.0 Å². The molecule has 1 aliphatic heterocycles. The molecular weight excluding hydrogens is 316 g/mol. The lowest BCUT2D eigenvalue weighted by atomic mass is 10.0. The van der Waals surface area contributed by atoms with E-state index >= 15 is 0 Å². The van der Waals surface area contributed by atoms with E-state index in [-0.39, 0.29) is 5.75 Å². The van der Waals surface area contributed by atoms with Crippen molar-refractivity contribution < 1.29 is 14.9 Å². The molecule has 2 heterocycles. The molecule has 2 N–H and O–H groups in total. The minimum atomic E-state index is -0.615. The van der Waals surface area contributed by atoms with Gasteiger partial charge in [0.25, 0.3) is 0 Å². The Morgan fingerprint density at radius 1 is 1.08 bits per heavy atom. The number of para-hydroxylation sites is 1. The SMILES string of the molecule is Oc1ccc([C@H](O)CN2C[C@H]3CC(Oc4ccccc4)C[C@H]3C2)nc1. The third-order valence-corrected chi connectivity index (χ3v) is 5.37. The number of aromatic hydroxyl groups is 1. The molecule has 1 saturated carbocycles. The molecule has 1 unspecified atom stereocenters. The van der Waals surface area contributed by atoms with Crippen molar-refractivity contribution in [1.29, 1.82) is 0 Å². The Labute approximate surface area is 147 Å². The number of rotatable bonds is 5. The maximum absolute atomic E-state index is 10.4. The average Bonchev–Trinajstić information content (AvgIpc) is 3.14. The molecule has 0 bridgehead atoms. The third-order valence-electron chi connectivity index (χ3n) is 5.37. The first kappa shape index (κ1) is 16.4. The molecule has 1 saturated heterocycles. The highest BCUT2D eigenvalue weighted by molar-refractivity contribution is 5.22. The van der Waals surface area contributed by atoms with E-state index in [0.717, 1.165) is 31.7 Å². The van der Waals surface area contributed by atoms with Crippen LogP contribution in [-0.4, -0.2) is 45.8 Å². The van der Waals surface area contributed by atoms with Gasteiger partial charge in [-0.15, -0.1) is 0 Å². The molecule has 4 rings (SSSR count). The fraction of sp³-hybridized carbons (Fsp3) is 0.450. The lowest BCUT2D eigenvalue weighted by Crippen LogP contribution is -2.29. The van der Waals surface area contributed by atoms with Crippen LogP contribution < -0.4 is 4.74 Å². The van der Waals surface area contributed by atoms with E-state index in [9.17, 15) is 10.2 Å². The standard InChI is InChI=1S/C20H24N2O3/c23-16-6-7-19(21-10-16)20(24)13-22-11-14-8-18(9-15(14)12-22)25-17-4-2-1-3-5-17/h1-7,10,14-15,18,20,23-24H,8-9,11-13H2/t14-,15+,18?,20-/m1/s1. The quantitative estimate of drug-likeness (QED) is 0.876. The van der Waals surface area contributed by atoms with Gasteiger partial charge in [-0.25, -0.2) is 0 Å². The van der Waals surface area contributed by atoms with Gasteiger partial charge >= 0.3 is 0 Å². The van der Waals surface area contributed by atoms with Crippen molar-refractivity contribution in [3.8, 4) is 11.5 Å². The zero-order valence-electron chi connectivity index (χ0n) is 14.2. The largest absolute Gasteiger partial charge is 0.506 e. The molecular formula is C20H24N2O3. The van der Waals surface area contributed by atoms with Gasteiger partial charge in [0, 0.05) is 19.6 Å². The van der Waals surface area contributed by atoms with Crippen molar-refractivity contribution in [3.05, 3.63) is 54.4 Å². The number of pyridine rings is 1. The highest BCUT2D eigenvalue weighted by atomic mass is 16.5. The lowest BCUT2D eigenvalue weighted by Gasteiger charge is -2.22. The average molecular weight is 340 g/mol. The summed E-state index contributed by atoms with van der Waals surface area (Å²) in [6.07, 6.45) is 3.25. The number of aliphatic hydroxyl groups excluding tert-OH is 1. The molecule has 4 atom stereocenters. The molecule has 2 aliphatic rings. The normalized spacial score (nSPS) is 27.2. The summed E-state index contributed by atoms with van der Waals surface area (Å²) in [5.74, 6) is 2.37. The molecule has 5 heteroatoms. The fourth-order valence-corrected chi connectivity index (χ4v) is 4.21. The van der Waals surface area contributed by atoms with E-state index in [4.69, 9.17) is 4.74 Å². The number of β-amino-alcohol motifs (C(OH)–C–C–N with tert-alkyl or cyclic N) is 1. The number of hydrogen-bond donors (Lipinski definition) is 2. The van der Waals surface area contributed by atoms with Crippen LogP contribution in [0.2, 0.25) is 0 Å². The zero-order chi connectivity index (χ0) is 17.2. The lowest BCUT2D eigenvalue weighted by molar-refractivity contribution is 0.113. The van der Waals surface area contributed by atoms with Crippen LogP contribution >= 0.6 is 0 Å². The molecule has 1 aromatic heterocycles. The number of fused-ring (bicyclic) bond motifs is 1. The second-order valence-electron chi connectivity index (χ2n) is 7.22.